The number of hydrogen-bond acceptors (Lipinski definition) is 3. The highest BCUT2D eigenvalue weighted by atomic mass is 35.5. The van der Waals surface area contributed by atoms with Gasteiger partial charge in [0.1, 0.15) is 5.82 Å². The van der Waals surface area contributed by atoms with E-state index in [1.54, 1.807) is 11.3 Å². The molecule has 5 heteroatoms. The number of rotatable bonds is 5. The maximum Gasteiger partial charge on any atom is 0.110 e. The number of nitrogens with zero attached hydrogens (tertiary/aromatic N) is 2. The lowest BCUT2D eigenvalue weighted by Gasteiger charge is -2.12. The minimum absolute atomic E-state index is 0.0748. The lowest BCUT2D eigenvalue weighted by atomic mass is 10.1. The third kappa shape index (κ3) is 2.76. The molecule has 1 unspecified atom stereocenters. The van der Waals surface area contributed by atoms with Gasteiger partial charge in [0.2, 0.25) is 0 Å². The first-order valence-corrected chi connectivity index (χ1v) is 7.38. The van der Waals surface area contributed by atoms with Crippen LogP contribution in [0.3, 0.4) is 0 Å². The third-order valence-electron chi connectivity index (χ3n) is 2.93. The van der Waals surface area contributed by atoms with Crippen LogP contribution in [0.25, 0.3) is 0 Å². The molecule has 2 heterocycles. The molecule has 98 valence electrons. The smallest absolute Gasteiger partial charge is 0.110 e. The lowest BCUT2D eigenvalue weighted by molar-refractivity contribution is 0.602. The molecular formula is C13H18ClN3S. The molecule has 2 rings (SSSR count). The molecule has 2 aromatic heterocycles. The molecule has 0 fully saturated rings. The first kappa shape index (κ1) is 13.6. The first-order valence-electron chi connectivity index (χ1n) is 6.12. The summed E-state index contributed by atoms with van der Waals surface area (Å²) in [5.74, 6) is 1.03. The van der Waals surface area contributed by atoms with Crippen LogP contribution in [0.1, 0.15) is 35.7 Å². The average molecular weight is 284 g/mol. The maximum atomic E-state index is 6.25. The minimum Gasteiger partial charge on any atom is -0.335 e. The number of nitrogens with two attached hydrogens (primary N) is 1. The van der Waals surface area contributed by atoms with E-state index < -0.39 is 0 Å². The van der Waals surface area contributed by atoms with Crippen molar-refractivity contribution < 1.29 is 0 Å². The van der Waals surface area contributed by atoms with Crippen molar-refractivity contribution >= 4 is 22.9 Å². The topological polar surface area (TPSA) is 43.8 Å². The maximum absolute atomic E-state index is 6.25. The van der Waals surface area contributed by atoms with Crippen molar-refractivity contribution in [2.24, 2.45) is 5.73 Å². The molecular weight excluding hydrogens is 266 g/mol. The molecule has 3 nitrogen and oxygen atoms in total. The summed E-state index contributed by atoms with van der Waals surface area (Å²) in [4.78, 5) is 5.44. The number of aryl methyl sites for hydroxylation is 2. The van der Waals surface area contributed by atoms with Crippen molar-refractivity contribution in [3.8, 4) is 0 Å². The summed E-state index contributed by atoms with van der Waals surface area (Å²) < 4.78 is 2.16. The fourth-order valence-corrected chi connectivity index (χ4v) is 3.30. The number of aromatic nitrogens is 2. The summed E-state index contributed by atoms with van der Waals surface area (Å²) in [6.45, 7) is 5.15. The monoisotopic (exact) mass is 283 g/mol. The summed E-state index contributed by atoms with van der Waals surface area (Å²) in [5.41, 5.74) is 7.34. The van der Waals surface area contributed by atoms with Gasteiger partial charge in [0.25, 0.3) is 0 Å². The molecule has 0 aliphatic rings. The average Bonchev–Trinajstić information content (AvgIpc) is 2.89. The molecule has 0 aromatic carbocycles. The molecule has 1 atom stereocenters. The van der Waals surface area contributed by atoms with Crippen molar-refractivity contribution in [3.05, 3.63) is 39.1 Å². The summed E-state index contributed by atoms with van der Waals surface area (Å²) in [6.07, 6.45) is 5.66. The van der Waals surface area contributed by atoms with Gasteiger partial charge >= 0.3 is 0 Å². The second-order valence-corrected chi connectivity index (χ2v) is 5.73. The van der Waals surface area contributed by atoms with Crippen LogP contribution in [0.2, 0.25) is 5.02 Å². The number of imidazole rings is 1. The van der Waals surface area contributed by atoms with E-state index >= 15 is 0 Å². The molecule has 0 spiro atoms. The van der Waals surface area contributed by atoms with Crippen LogP contribution in [0.4, 0.5) is 0 Å². The highest BCUT2D eigenvalue weighted by Crippen LogP contribution is 2.32. The summed E-state index contributed by atoms with van der Waals surface area (Å²) >= 11 is 7.88. The Bertz CT molecular complexity index is 518. The fraction of sp³-hybridized carbons (Fsp3) is 0.462. The standard InChI is InChI=1S/C13H18ClN3S/c1-3-5-17-6-4-16-11(17)7-10(15)13-12(14)9(2)8-18-13/h4,6,8,10H,3,5,7,15H2,1-2H3. The van der Waals surface area contributed by atoms with Crippen LogP contribution >= 0.6 is 22.9 Å². The second-order valence-electron chi connectivity index (χ2n) is 4.44. The zero-order valence-corrected chi connectivity index (χ0v) is 12.3. The summed E-state index contributed by atoms with van der Waals surface area (Å²) in [7, 11) is 0. The van der Waals surface area contributed by atoms with E-state index in [9.17, 15) is 0 Å². The molecule has 0 aliphatic heterocycles. The Morgan fingerprint density at radius 1 is 1.56 bits per heavy atom. The summed E-state index contributed by atoms with van der Waals surface area (Å²) in [6, 6.07) is -0.0748. The zero-order chi connectivity index (χ0) is 13.1. The second kappa shape index (κ2) is 5.87. The highest BCUT2D eigenvalue weighted by molar-refractivity contribution is 7.10. The van der Waals surface area contributed by atoms with Crippen LogP contribution < -0.4 is 5.73 Å². The third-order valence-corrected chi connectivity index (χ3v) is 4.78. The van der Waals surface area contributed by atoms with Crippen molar-refractivity contribution in [1.82, 2.24) is 9.55 Å². The van der Waals surface area contributed by atoms with E-state index in [2.05, 4.69) is 21.9 Å². The van der Waals surface area contributed by atoms with Crippen molar-refractivity contribution in [2.75, 3.05) is 0 Å². The van der Waals surface area contributed by atoms with E-state index in [-0.39, 0.29) is 6.04 Å². The molecule has 0 bridgehead atoms. The number of halogens is 1. The van der Waals surface area contributed by atoms with Crippen LogP contribution in [-0.2, 0) is 13.0 Å². The van der Waals surface area contributed by atoms with Crippen LogP contribution in [0.15, 0.2) is 17.8 Å². The van der Waals surface area contributed by atoms with Gasteiger partial charge in [0.05, 0.1) is 5.02 Å². The van der Waals surface area contributed by atoms with Crippen LogP contribution in [0.5, 0.6) is 0 Å². The Kier molecular flexibility index (Phi) is 4.43. The van der Waals surface area contributed by atoms with Gasteiger partial charge < -0.3 is 10.3 Å². The molecule has 0 radical (unpaired) electrons. The van der Waals surface area contributed by atoms with E-state index in [0.29, 0.717) is 0 Å². The molecule has 0 saturated carbocycles. The van der Waals surface area contributed by atoms with Crippen molar-refractivity contribution in [1.29, 1.82) is 0 Å². The van der Waals surface area contributed by atoms with Crippen LogP contribution in [0, 0.1) is 6.92 Å². The quantitative estimate of drug-likeness (QED) is 0.912. The highest BCUT2D eigenvalue weighted by Gasteiger charge is 2.16. The van der Waals surface area contributed by atoms with Gasteiger partial charge in [-0.25, -0.2) is 4.98 Å². The van der Waals surface area contributed by atoms with Gasteiger partial charge in [-0.1, -0.05) is 18.5 Å². The van der Waals surface area contributed by atoms with E-state index in [4.69, 9.17) is 17.3 Å². The van der Waals surface area contributed by atoms with E-state index in [0.717, 1.165) is 40.7 Å². The number of thiophene rings is 1. The molecule has 2 aromatic rings. The minimum atomic E-state index is -0.0748. The number of hydrogen-bond donors (Lipinski definition) is 1. The van der Waals surface area contributed by atoms with E-state index in [1.165, 1.54) is 0 Å². The van der Waals surface area contributed by atoms with Crippen LogP contribution in [-0.4, -0.2) is 9.55 Å². The lowest BCUT2D eigenvalue weighted by Crippen LogP contribution is -2.16. The zero-order valence-electron chi connectivity index (χ0n) is 10.7. The first-order chi connectivity index (χ1) is 8.63. The Morgan fingerprint density at radius 3 is 2.94 bits per heavy atom. The largest absolute Gasteiger partial charge is 0.335 e. The van der Waals surface area contributed by atoms with Crippen molar-refractivity contribution in [2.45, 2.75) is 39.3 Å². The van der Waals surface area contributed by atoms with Gasteiger partial charge in [-0.05, 0) is 24.3 Å². The van der Waals surface area contributed by atoms with Gasteiger partial charge in [0.15, 0.2) is 0 Å². The molecule has 0 saturated heterocycles. The molecule has 18 heavy (non-hydrogen) atoms. The van der Waals surface area contributed by atoms with Gasteiger partial charge in [0, 0.05) is 36.3 Å². The molecule has 0 amide bonds. The van der Waals surface area contributed by atoms with Gasteiger partial charge in [-0.2, -0.15) is 0 Å². The normalized spacial score (nSPS) is 12.9. The Morgan fingerprint density at radius 2 is 2.33 bits per heavy atom. The van der Waals surface area contributed by atoms with E-state index in [1.807, 2.05) is 19.3 Å². The Hall–Kier alpha value is -0.840. The predicted octanol–water partition coefficient (Wildman–Crippen LogP) is 3.56. The Labute approximate surface area is 117 Å². The fourth-order valence-electron chi connectivity index (χ4n) is 1.96. The Balaban J connectivity index is 2.13. The predicted molar refractivity (Wildman–Crippen MR) is 77.2 cm³/mol. The van der Waals surface area contributed by atoms with Gasteiger partial charge in [-0.15, -0.1) is 11.3 Å². The SMILES string of the molecule is CCCn1ccnc1CC(N)c1scc(C)c1Cl. The molecule has 2 N–H and O–H groups in total. The summed E-state index contributed by atoms with van der Waals surface area (Å²) in [5, 5.41) is 2.86. The van der Waals surface area contributed by atoms with Crippen molar-refractivity contribution in [3.63, 3.8) is 0 Å². The van der Waals surface area contributed by atoms with Gasteiger partial charge in [-0.3, -0.25) is 0 Å². The molecule has 0 aliphatic carbocycles.